The second-order valence-electron chi connectivity index (χ2n) is 4.19. The van der Waals surface area contributed by atoms with Crippen molar-refractivity contribution in [3.8, 4) is 0 Å². The fourth-order valence-corrected chi connectivity index (χ4v) is 2.36. The van der Waals surface area contributed by atoms with Gasteiger partial charge in [0.25, 0.3) is 0 Å². The minimum atomic E-state index is 0.643. The summed E-state index contributed by atoms with van der Waals surface area (Å²) < 4.78 is 0. The average Bonchev–Trinajstić information content (AvgIpc) is 2.39. The van der Waals surface area contributed by atoms with E-state index in [2.05, 4.69) is 30.2 Å². The molecular formula is C14H16Cl2N2. The van der Waals surface area contributed by atoms with Crippen molar-refractivity contribution >= 4 is 39.8 Å². The van der Waals surface area contributed by atoms with Gasteiger partial charge < -0.3 is 5.32 Å². The third kappa shape index (κ3) is 2.55. The summed E-state index contributed by atoms with van der Waals surface area (Å²) in [5, 5.41) is 5.64. The number of fused-ring (bicyclic) bond motifs is 1. The Morgan fingerprint density at radius 2 is 1.89 bits per heavy atom. The Hall–Kier alpha value is -0.990. The number of rotatable bonds is 4. The Morgan fingerprint density at radius 1 is 1.17 bits per heavy atom. The standard InChI is InChI=1S/C14H16Cl2N2/c1-3-7-17-12-8-9(4-2)18-14-11(16)6-5-10(15)13(12)14/h5-6,8H,3-4,7H2,1-2H3,(H,17,18). The van der Waals surface area contributed by atoms with Crippen LogP contribution in [0.15, 0.2) is 18.2 Å². The first kappa shape index (κ1) is 13.4. The Kier molecular flexibility index (Phi) is 4.31. The summed E-state index contributed by atoms with van der Waals surface area (Å²) in [5.41, 5.74) is 2.82. The van der Waals surface area contributed by atoms with Gasteiger partial charge in [-0.15, -0.1) is 0 Å². The van der Waals surface area contributed by atoms with Crippen LogP contribution in [0.1, 0.15) is 26.0 Å². The van der Waals surface area contributed by atoms with Crippen LogP contribution in [0.5, 0.6) is 0 Å². The van der Waals surface area contributed by atoms with Crippen LogP contribution < -0.4 is 5.32 Å². The predicted octanol–water partition coefficient (Wildman–Crippen LogP) is 4.93. The first-order valence-electron chi connectivity index (χ1n) is 6.18. The van der Waals surface area contributed by atoms with Crippen LogP contribution in [0, 0.1) is 0 Å². The lowest BCUT2D eigenvalue weighted by Gasteiger charge is -2.12. The monoisotopic (exact) mass is 282 g/mol. The molecule has 1 aromatic heterocycles. The van der Waals surface area contributed by atoms with Crippen LogP contribution in [0.2, 0.25) is 10.0 Å². The zero-order chi connectivity index (χ0) is 13.1. The van der Waals surface area contributed by atoms with E-state index in [0.717, 1.165) is 41.7 Å². The van der Waals surface area contributed by atoms with Gasteiger partial charge in [-0.2, -0.15) is 0 Å². The van der Waals surface area contributed by atoms with E-state index in [1.54, 1.807) is 6.07 Å². The van der Waals surface area contributed by atoms with Gasteiger partial charge in [-0.05, 0) is 31.0 Å². The minimum Gasteiger partial charge on any atom is -0.384 e. The van der Waals surface area contributed by atoms with Gasteiger partial charge in [0.05, 0.1) is 15.6 Å². The zero-order valence-electron chi connectivity index (χ0n) is 10.6. The molecule has 2 rings (SSSR count). The number of hydrogen-bond donors (Lipinski definition) is 1. The summed E-state index contributed by atoms with van der Waals surface area (Å²) in [7, 11) is 0. The van der Waals surface area contributed by atoms with E-state index >= 15 is 0 Å². The molecule has 0 fully saturated rings. The van der Waals surface area contributed by atoms with Crippen molar-refractivity contribution < 1.29 is 0 Å². The highest BCUT2D eigenvalue weighted by Gasteiger charge is 2.11. The fraction of sp³-hybridized carbons (Fsp3) is 0.357. The predicted molar refractivity (Wildman–Crippen MR) is 79.9 cm³/mol. The van der Waals surface area contributed by atoms with E-state index in [0.29, 0.717) is 10.0 Å². The molecule has 0 atom stereocenters. The largest absolute Gasteiger partial charge is 0.384 e. The van der Waals surface area contributed by atoms with Crippen molar-refractivity contribution in [3.63, 3.8) is 0 Å². The maximum absolute atomic E-state index is 6.27. The highest BCUT2D eigenvalue weighted by Crippen LogP contribution is 2.34. The molecule has 0 spiro atoms. The van der Waals surface area contributed by atoms with E-state index in [9.17, 15) is 0 Å². The molecule has 1 heterocycles. The molecule has 0 amide bonds. The molecule has 0 radical (unpaired) electrons. The quantitative estimate of drug-likeness (QED) is 0.860. The molecule has 4 heteroatoms. The van der Waals surface area contributed by atoms with Crippen molar-refractivity contribution in [1.29, 1.82) is 0 Å². The van der Waals surface area contributed by atoms with Crippen LogP contribution >= 0.6 is 23.2 Å². The molecule has 0 aliphatic heterocycles. The van der Waals surface area contributed by atoms with Crippen LogP contribution in [-0.2, 0) is 6.42 Å². The molecule has 0 unspecified atom stereocenters. The zero-order valence-corrected chi connectivity index (χ0v) is 12.1. The maximum Gasteiger partial charge on any atom is 0.0927 e. The summed E-state index contributed by atoms with van der Waals surface area (Å²) in [4.78, 5) is 4.57. The van der Waals surface area contributed by atoms with Gasteiger partial charge in [0.15, 0.2) is 0 Å². The van der Waals surface area contributed by atoms with E-state index < -0.39 is 0 Å². The first-order valence-corrected chi connectivity index (χ1v) is 6.94. The molecule has 0 bridgehead atoms. The molecule has 18 heavy (non-hydrogen) atoms. The van der Waals surface area contributed by atoms with E-state index in [4.69, 9.17) is 23.2 Å². The molecule has 2 aromatic rings. The van der Waals surface area contributed by atoms with Crippen molar-refractivity contribution in [2.45, 2.75) is 26.7 Å². The van der Waals surface area contributed by atoms with Crippen LogP contribution in [0.3, 0.4) is 0 Å². The Labute approximate surface area is 117 Å². The fourth-order valence-electron chi connectivity index (χ4n) is 1.90. The molecule has 2 nitrogen and oxygen atoms in total. The first-order chi connectivity index (χ1) is 8.67. The molecule has 1 aromatic carbocycles. The molecule has 0 saturated heterocycles. The number of benzene rings is 1. The lowest BCUT2D eigenvalue weighted by Crippen LogP contribution is -2.03. The molecule has 0 aliphatic carbocycles. The van der Waals surface area contributed by atoms with Crippen LogP contribution in [0.4, 0.5) is 5.69 Å². The van der Waals surface area contributed by atoms with Gasteiger partial charge in [0, 0.05) is 23.3 Å². The summed E-state index contributed by atoms with van der Waals surface area (Å²) in [5.74, 6) is 0. The number of halogens is 2. The Bertz CT molecular complexity index is 567. The van der Waals surface area contributed by atoms with Gasteiger partial charge >= 0.3 is 0 Å². The smallest absolute Gasteiger partial charge is 0.0927 e. The molecule has 0 aliphatic rings. The molecular weight excluding hydrogens is 267 g/mol. The topological polar surface area (TPSA) is 24.9 Å². The van der Waals surface area contributed by atoms with E-state index in [1.165, 1.54) is 0 Å². The third-order valence-electron chi connectivity index (χ3n) is 2.84. The minimum absolute atomic E-state index is 0.643. The second-order valence-corrected chi connectivity index (χ2v) is 5.01. The second kappa shape index (κ2) is 5.77. The van der Waals surface area contributed by atoms with Gasteiger partial charge in [-0.25, -0.2) is 0 Å². The van der Waals surface area contributed by atoms with Crippen LogP contribution in [-0.4, -0.2) is 11.5 Å². The number of hydrogen-bond acceptors (Lipinski definition) is 2. The van der Waals surface area contributed by atoms with Crippen molar-refractivity contribution in [2.24, 2.45) is 0 Å². The number of nitrogens with one attached hydrogen (secondary N) is 1. The summed E-state index contributed by atoms with van der Waals surface area (Å²) in [6.07, 6.45) is 1.93. The number of aromatic nitrogens is 1. The van der Waals surface area contributed by atoms with Crippen molar-refractivity contribution in [3.05, 3.63) is 33.9 Å². The molecule has 0 saturated carbocycles. The van der Waals surface area contributed by atoms with E-state index in [-0.39, 0.29) is 0 Å². The highest BCUT2D eigenvalue weighted by molar-refractivity contribution is 6.40. The van der Waals surface area contributed by atoms with Gasteiger partial charge in [0.1, 0.15) is 0 Å². The summed E-state index contributed by atoms with van der Waals surface area (Å²) in [6, 6.07) is 5.67. The average molecular weight is 283 g/mol. The van der Waals surface area contributed by atoms with Gasteiger partial charge in [-0.3, -0.25) is 4.98 Å². The maximum atomic E-state index is 6.27. The lowest BCUT2D eigenvalue weighted by molar-refractivity contribution is 0.977. The SMILES string of the molecule is CCCNc1cc(CC)nc2c(Cl)ccc(Cl)c12. The van der Waals surface area contributed by atoms with Gasteiger partial charge in [0.2, 0.25) is 0 Å². The van der Waals surface area contributed by atoms with Crippen LogP contribution in [0.25, 0.3) is 10.9 Å². The number of pyridine rings is 1. The van der Waals surface area contributed by atoms with Crippen molar-refractivity contribution in [1.82, 2.24) is 4.98 Å². The molecule has 1 N–H and O–H groups in total. The summed E-state index contributed by atoms with van der Waals surface area (Å²) in [6.45, 7) is 5.12. The van der Waals surface area contributed by atoms with Gasteiger partial charge in [-0.1, -0.05) is 37.0 Å². The lowest BCUT2D eigenvalue weighted by atomic mass is 10.1. The molecule has 96 valence electrons. The highest BCUT2D eigenvalue weighted by atomic mass is 35.5. The third-order valence-corrected chi connectivity index (χ3v) is 3.46. The van der Waals surface area contributed by atoms with E-state index in [1.807, 2.05) is 6.07 Å². The number of aryl methyl sites for hydroxylation is 1. The summed E-state index contributed by atoms with van der Waals surface area (Å²) >= 11 is 12.5. The number of nitrogens with zero attached hydrogens (tertiary/aromatic N) is 1. The Morgan fingerprint density at radius 3 is 2.56 bits per heavy atom. The van der Waals surface area contributed by atoms with Crippen molar-refractivity contribution in [2.75, 3.05) is 11.9 Å². The normalized spacial score (nSPS) is 10.9. The number of anilines is 1. The Balaban J connectivity index is 2.68.